The fourth-order valence-electron chi connectivity index (χ4n) is 2.69. The number of aliphatic carboxylic acids is 1. The van der Waals surface area contributed by atoms with Crippen molar-refractivity contribution in [3.63, 3.8) is 0 Å². The van der Waals surface area contributed by atoms with E-state index < -0.39 is 22.1 Å². The summed E-state index contributed by atoms with van der Waals surface area (Å²) in [6, 6.07) is 0. The van der Waals surface area contributed by atoms with Gasteiger partial charge in [-0.2, -0.15) is 17.0 Å². The fourth-order valence-corrected chi connectivity index (χ4v) is 4.51. The third-order valence-electron chi connectivity index (χ3n) is 3.86. The van der Waals surface area contributed by atoms with Crippen molar-refractivity contribution in [3.8, 4) is 0 Å². The van der Waals surface area contributed by atoms with Gasteiger partial charge in [-0.25, -0.2) is 0 Å². The van der Waals surface area contributed by atoms with Gasteiger partial charge in [-0.1, -0.05) is 13.3 Å². The molecule has 2 unspecified atom stereocenters. The van der Waals surface area contributed by atoms with Crippen molar-refractivity contribution < 1.29 is 18.3 Å². The Morgan fingerprint density at radius 2 is 1.72 bits per heavy atom. The van der Waals surface area contributed by atoms with Crippen LogP contribution in [0.15, 0.2) is 0 Å². The van der Waals surface area contributed by atoms with Crippen LogP contribution in [0.4, 0.5) is 0 Å². The zero-order valence-corrected chi connectivity index (χ0v) is 11.4. The minimum Gasteiger partial charge on any atom is -0.481 e. The molecule has 0 bridgehead atoms. The lowest BCUT2D eigenvalue weighted by Crippen LogP contribution is -2.45. The Labute approximate surface area is 108 Å². The molecule has 6 nitrogen and oxygen atoms in total. The van der Waals surface area contributed by atoms with Crippen LogP contribution < -0.4 is 0 Å². The average molecular weight is 276 g/mol. The maximum atomic E-state index is 12.4. The highest BCUT2D eigenvalue weighted by molar-refractivity contribution is 7.86. The molecule has 0 amide bonds. The third kappa shape index (κ3) is 2.53. The van der Waals surface area contributed by atoms with E-state index in [-0.39, 0.29) is 12.5 Å². The molecule has 0 saturated carbocycles. The van der Waals surface area contributed by atoms with Crippen LogP contribution in [0.5, 0.6) is 0 Å². The van der Waals surface area contributed by atoms with Crippen molar-refractivity contribution in [2.45, 2.75) is 26.2 Å². The second-order valence-corrected chi connectivity index (χ2v) is 7.13. The standard InChI is InChI=1S/C11H20N2O4S/c1-9-7-13(8-10(9)11(14)15)18(16,17)12-5-3-2-4-6-12/h9-10H,2-8H2,1H3,(H,14,15). The highest BCUT2D eigenvalue weighted by Crippen LogP contribution is 2.28. The molecule has 7 heteroatoms. The second-order valence-electron chi connectivity index (χ2n) is 5.21. The van der Waals surface area contributed by atoms with Crippen LogP contribution in [-0.4, -0.2) is 54.3 Å². The molecule has 0 aliphatic carbocycles. The summed E-state index contributed by atoms with van der Waals surface area (Å²) >= 11 is 0. The van der Waals surface area contributed by atoms with E-state index in [1.807, 2.05) is 0 Å². The normalized spacial score (nSPS) is 31.6. The first-order chi connectivity index (χ1) is 8.43. The van der Waals surface area contributed by atoms with E-state index in [1.165, 1.54) is 8.61 Å². The SMILES string of the molecule is CC1CN(S(=O)(=O)N2CCCCC2)CC1C(=O)O. The van der Waals surface area contributed by atoms with Gasteiger partial charge in [-0.3, -0.25) is 4.79 Å². The van der Waals surface area contributed by atoms with Crippen molar-refractivity contribution in [3.05, 3.63) is 0 Å². The molecule has 104 valence electrons. The summed E-state index contributed by atoms with van der Waals surface area (Å²) in [5.74, 6) is -1.61. The Bertz CT molecular complexity index is 417. The molecular formula is C11H20N2O4S. The zero-order chi connectivity index (χ0) is 13.3. The highest BCUT2D eigenvalue weighted by Gasteiger charge is 2.42. The molecule has 1 N–H and O–H groups in total. The average Bonchev–Trinajstić information content (AvgIpc) is 2.73. The molecule has 0 aromatic heterocycles. The summed E-state index contributed by atoms with van der Waals surface area (Å²) in [5, 5.41) is 9.04. The first-order valence-electron chi connectivity index (χ1n) is 6.41. The molecule has 0 aromatic rings. The number of carboxylic acid groups (broad SMARTS) is 1. The molecule has 2 aliphatic rings. The summed E-state index contributed by atoms with van der Waals surface area (Å²) < 4.78 is 27.5. The Hall–Kier alpha value is -0.660. The molecule has 0 aromatic carbocycles. The molecule has 2 saturated heterocycles. The van der Waals surface area contributed by atoms with Crippen LogP contribution in [0.1, 0.15) is 26.2 Å². The lowest BCUT2D eigenvalue weighted by molar-refractivity contribution is -0.142. The summed E-state index contributed by atoms with van der Waals surface area (Å²) in [4.78, 5) is 11.0. The van der Waals surface area contributed by atoms with Crippen molar-refractivity contribution in [1.29, 1.82) is 0 Å². The van der Waals surface area contributed by atoms with E-state index >= 15 is 0 Å². The molecule has 18 heavy (non-hydrogen) atoms. The van der Waals surface area contributed by atoms with E-state index in [4.69, 9.17) is 5.11 Å². The summed E-state index contributed by atoms with van der Waals surface area (Å²) in [7, 11) is -3.46. The predicted octanol–water partition coefficient (Wildman–Crippen LogP) is 0.370. The van der Waals surface area contributed by atoms with Crippen molar-refractivity contribution in [2.75, 3.05) is 26.2 Å². The van der Waals surface area contributed by atoms with Gasteiger partial charge in [-0.05, 0) is 18.8 Å². The Balaban J connectivity index is 2.09. The van der Waals surface area contributed by atoms with Gasteiger partial charge in [0.15, 0.2) is 0 Å². The van der Waals surface area contributed by atoms with E-state index in [1.54, 1.807) is 6.92 Å². The molecule has 2 heterocycles. The molecule has 0 spiro atoms. The number of piperidine rings is 1. The number of rotatable bonds is 3. The summed E-state index contributed by atoms with van der Waals surface area (Å²) in [6.45, 7) is 3.34. The van der Waals surface area contributed by atoms with Crippen LogP contribution in [-0.2, 0) is 15.0 Å². The smallest absolute Gasteiger partial charge is 0.308 e. The molecular weight excluding hydrogens is 256 g/mol. The second kappa shape index (κ2) is 5.14. The number of nitrogens with zero attached hydrogens (tertiary/aromatic N) is 2. The van der Waals surface area contributed by atoms with Crippen molar-refractivity contribution in [1.82, 2.24) is 8.61 Å². The summed E-state index contributed by atoms with van der Waals surface area (Å²) in [6.07, 6.45) is 2.86. The van der Waals surface area contributed by atoms with Crippen LogP contribution >= 0.6 is 0 Å². The largest absolute Gasteiger partial charge is 0.481 e. The van der Waals surface area contributed by atoms with Gasteiger partial charge in [0.05, 0.1) is 5.92 Å². The molecule has 2 atom stereocenters. The van der Waals surface area contributed by atoms with Gasteiger partial charge in [-0.15, -0.1) is 0 Å². The van der Waals surface area contributed by atoms with E-state index in [0.717, 1.165) is 19.3 Å². The van der Waals surface area contributed by atoms with Gasteiger partial charge >= 0.3 is 5.97 Å². The topological polar surface area (TPSA) is 77.9 Å². The van der Waals surface area contributed by atoms with Crippen LogP contribution in [0, 0.1) is 11.8 Å². The van der Waals surface area contributed by atoms with Crippen molar-refractivity contribution in [2.24, 2.45) is 11.8 Å². The lowest BCUT2D eigenvalue weighted by atomic mass is 9.99. The molecule has 2 rings (SSSR count). The van der Waals surface area contributed by atoms with Gasteiger partial charge in [0, 0.05) is 26.2 Å². The lowest BCUT2D eigenvalue weighted by Gasteiger charge is -2.30. The quantitative estimate of drug-likeness (QED) is 0.808. The van der Waals surface area contributed by atoms with Crippen LogP contribution in [0.2, 0.25) is 0 Å². The Morgan fingerprint density at radius 3 is 2.22 bits per heavy atom. The highest BCUT2D eigenvalue weighted by atomic mass is 32.2. The van der Waals surface area contributed by atoms with E-state index in [2.05, 4.69) is 0 Å². The van der Waals surface area contributed by atoms with Crippen LogP contribution in [0.25, 0.3) is 0 Å². The fraction of sp³-hybridized carbons (Fsp3) is 0.909. The van der Waals surface area contributed by atoms with Crippen molar-refractivity contribution >= 4 is 16.2 Å². The third-order valence-corrected chi connectivity index (χ3v) is 5.83. The van der Waals surface area contributed by atoms with Crippen LogP contribution in [0.3, 0.4) is 0 Å². The molecule has 0 radical (unpaired) electrons. The minimum absolute atomic E-state index is 0.106. The number of hydrogen-bond acceptors (Lipinski definition) is 3. The first kappa shape index (κ1) is 13.8. The monoisotopic (exact) mass is 276 g/mol. The molecule has 2 aliphatic heterocycles. The van der Waals surface area contributed by atoms with Gasteiger partial charge in [0.1, 0.15) is 0 Å². The summed E-state index contributed by atoms with van der Waals surface area (Å²) in [5.41, 5.74) is 0. The number of hydrogen-bond donors (Lipinski definition) is 1. The number of carbonyl (C=O) groups is 1. The zero-order valence-electron chi connectivity index (χ0n) is 10.6. The van der Waals surface area contributed by atoms with E-state index in [0.29, 0.717) is 19.6 Å². The van der Waals surface area contributed by atoms with E-state index in [9.17, 15) is 13.2 Å². The number of carboxylic acids is 1. The molecule has 2 fully saturated rings. The minimum atomic E-state index is -3.46. The van der Waals surface area contributed by atoms with Gasteiger partial charge < -0.3 is 5.11 Å². The Kier molecular flexibility index (Phi) is 3.93. The van der Waals surface area contributed by atoms with Gasteiger partial charge in [0.2, 0.25) is 0 Å². The van der Waals surface area contributed by atoms with Gasteiger partial charge in [0.25, 0.3) is 10.2 Å². The predicted molar refractivity (Wildman–Crippen MR) is 66.2 cm³/mol. The first-order valence-corrected chi connectivity index (χ1v) is 7.80. The Morgan fingerprint density at radius 1 is 1.11 bits per heavy atom. The maximum absolute atomic E-state index is 12.4. The maximum Gasteiger partial charge on any atom is 0.308 e.